The van der Waals surface area contributed by atoms with Gasteiger partial charge in [-0.3, -0.25) is 14.5 Å². The van der Waals surface area contributed by atoms with Gasteiger partial charge in [0.2, 0.25) is 5.76 Å². The van der Waals surface area contributed by atoms with Crippen molar-refractivity contribution in [3.05, 3.63) is 121 Å². The Kier molecular flexibility index (Phi) is 6.01. The first-order chi connectivity index (χ1) is 18.3. The number of aryl methyl sites for hydroxylation is 2. The van der Waals surface area contributed by atoms with Gasteiger partial charge in [-0.25, -0.2) is 9.37 Å². The van der Waals surface area contributed by atoms with Crippen molar-refractivity contribution in [1.82, 2.24) is 4.98 Å². The van der Waals surface area contributed by atoms with E-state index in [1.54, 1.807) is 36.4 Å². The van der Waals surface area contributed by atoms with Crippen LogP contribution in [0.25, 0.3) is 11.0 Å². The molecule has 6 rings (SSSR count). The summed E-state index contributed by atoms with van der Waals surface area (Å²) in [7, 11) is 0. The summed E-state index contributed by atoms with van der Waals surface area (Å²) >= 11 is 7.31. The van der Waals surface area contributed by atoms with Gasteiger partial charge in [0.1, 0.15) is 23.8 Å². The molecule has 3 aromatic carbocycles. The molecule has 2 aromatic heterocycles. The largest absolute Gasteiger partial charge is 0.489 e. The van der Waals surface area contributed by atoms with Crippen LogP contribution >= 0.6 is 22.9 Å². The topological polar surface area (TPSA) is 72.6 Å². The van der Waals surface area contributed by atoms with Crippen LogP contribution in [-0.4, -0.2) is 10.9 Å². The smallest absolute Gasteiger partial charge is 0.297 e. The van der Waals surface area contributed by atoms with Gasteiger partial charge in [-0.1, -0.05) is 35.9 Å². The predicted octanol–water partition coefficient (Wildman–Crippen LogP) is 6.99. The van der Waals surface area contributed by atoms with Crippen molar-refractivity contribution < 1.29 is 18.3 Å². The number of ether oxygens (including phenoxy) is 1. The van der Waals surface area contributed by atoms with Gasteiger partial charge in [-0.05, 0) is 67.4 Å². The van der Waals surface area contributed by atoms with Gasteiger partial charge in [-0.15, -0.1) is 11.3 Å². The van der Waals surface area contributed by atoms with E-state index < -0.39 is 23.2 Å². The molecule has 0 aliphatic carbocycles. The molecule has 3 heterocycles. The first kappa shape index (κ1) is 24.3. The van der Waals surface area contributed by atoms with Gasteiger partial charge in [-0.2, -0.15) is 0 Å². The number of anilines is 1. The second-order valence-electron chi connectivity index (χ2n) is 9.01. The van der Waals surface area contributed by atoms with E-state index in [2.05, 4.69) is 4.98 Å². The average molecular weight is 547 g/mol. The summed E-state index contributed by atoms with van der Waals surface area (Å²) < 4.78 is 25.8. The summed E-state index contributed by atoms with van der Waals surface area (Å²) in [5.41, 5.74) is 2.30. The molecule has 1 unspecified atom stereocenters. The van der Waals surface area contributed by atoms with E-state index in [0.29, 0.717) is 28.1 Å². The molecule has 0 radical (unpaired) electrons. The van der Waals surface area contributed by atoms with Gasteiger partial charge >= 0.3 is 0 Å². The molecule has 1 atom stereocenters. The van der Waals surface area contributed by atoms with Crippen LogP contribution in [-0.2, 0) is 6.61 Å². The highest BCUT2D eigenvalue weighted by Gasteiger charge is 2.45. The van der Waals surface area contributed by atoms with Crippen LogP contribution in [0.2, 0.25) is 5.02 Å². The quantitative estimate of drug-likeness (QED) is 0.237. The molecular weight excluding hydrogens is 527 g/mol. The number of amides is 1. The Morgan fingerprint density at radius 3 is 2.47 bits per heavy atom. The van der Waals surface area contributed by atoms with E-state index in [4.69, 9.17) is 20.8 Å². The molecule has 0 N–H and O–H groups in total. The van der Waals surface area contributed by atoms with Crippen molar-refractivity contribution in [3.63, 3.8) is 0 Å². The fourth-order valence-corrected chi connectivity index (χ4v) is 5.57. The zero-order chi connectivity index (χ0) is 26.6. The van der Waals surface area contributed by atoms with Gasteiger partial charge in [0, 0.05) is 9.90 Å². The van der Waals surface area contributed by atoms with Gasteiger partial charge in [0.15, 0.2) is 10.6 Å². The number of aromatic nitrogens is 1. The Morgan fingerprint density at radius 1 is 1.05 bits per heavy atom. The molecule has 0 saturated carbocycles. The van der Waals surface area contributed by atoms with Gasteiger partial charge in [0.25, 0.3) is 5.91 Å². The molecule has 1 amide bonds. The van der Waals surface area contributed by atoms with Crippen molar-refractivity contribution in [2.75, 3.05) is 4.90 Å². The molecule has 0 spiro atoms. The molecule has 0 saturated heterocycles. The Balaban J connectivity index is 1.43. The molecular formula is C29H20ClFN2O4S. The molecule has 6 nitrogen and oxygen atoms in total. The molecule has 0 fully saturated rings. The molecule has 5 aromatic rings. The molecule has 190 valence electrons. The van der Waals surface area contributed by atoms with Crippen molar-refractivity contribution in [1.29, 1.82) is 0 Å². The van der Waals surface area contributed by atoms with E-state index in [1.807, 2.05) is 26.0 Å². The molecule has 38 heavy (non-hydrogen) atoms. The lowest BCUT2D eigenvalue weighted by Crippen LogP contribution is -2.29. The van der Waals surface area contributed by atoms with E-state index in [-0.39, 0.29) is 22.3 Å². The minimum absolute atomic E-state index is 0.0623. The average Bonchev–Trinajstić information content (AvgIpc) is 3.40. The first-order valence-corrected chi connectivity index (χ1v) is 13.0. The van der Waals surface area contributed by atoms with Crippen LogP contribution in [0.4, 0.5) is 9.52 Å². The van der Waals surface area contributed by atoms with Gasteiger partial charge < -0.3 is 9.15 Å². The number of carbonyl (C=O) groups is 1. The van der Waals surface area contributed by atoms with E-state index in [1.165, 1.54) is 28.4 Å². The van der Waals surface area contributed by atoms with Crippen molar-refractivity contribution >= 4 is 44.9 Å². The Labute approximate surface area is 225 Å². The molecule has 9 heteroatoms. The standard InChI is InChI=1S/C29H20ClFN2O4S/c1-15-16(2)38-29(32-15)33-25(18-5-10-21(11-6-18)36-14-17-3-7-19(30)8-4-17)24-26(34)22-13-20(31)9-12-23(22)37-27(24)28(33)35/h3-13,25H,14H2,1-2H3. The summed E-state index contributed by atoms with van der Waals surface area (Å²) in [5, 5.41) is 1.19. The van der Waals surface area contributed by atoms with Crippen LogP contribution in [0.15, 0.2) is 75.9 Å². The number of nitrogens with zero attached hydrogens (tertiary/aromatic N) is 2. The minimum atomic E-state index is -0.795. The summed E-state index contributed by atoms with van der Waals surface area (Å²) in [6, 6.07) is 17.5. The lowest BCUT2D eigenvalue weighted by atomic mass is 9.98. The lowest BCUT2D eigenvalue weighted by molar-refractivity contribution is 0.0971. The van der Waals surface area contributed by atoms with Crippen molar-refractivity contribution in [2.45, 2.75) is 26.5 Å². The van der Waals surface area contributed by atoms with E-state index >= 15 is 0 Å². The third-order valence-electron chi connectivity index (χ3n) is 6.57. The van der Waals surface area contributed by atoms with Crippen molar-refractivity contribution in [3.8, 4) is 5.75 Å². The first-order valence-electron chi connectivity index (χ1n) is 11.8. The highest BCUT2D eigenvalue weighted by Crippen LogP contribution is 2.43. The molecule has 0 bridgehead atoms. The number of benzene rings is 3. The number of carbonyl (C=O) groups excluding carboxylic acids is 1. The van der Waals surface area contributed by atoms with Crippen molar-refractivity contribution in [2.24, 2.45) is 0 Å². The number of fused-ring (bicyclic) bond motifs is 2. The second kappa shape index (κ2) is 9.38. The number of rotatable bonds is 5. The third-order valence-corrected chi connectivity index (χ3v) is 7.89. The number of hydrogen-bond donors (Lipinski definition) is 0. The maximum absolute atomic E-state index is 14.0. The fourth-order valence-electron chi connectivity index (χ4n) is 4.51. The Bertz CT molecular complexity index is 1740. The van der Waals surface area contributed by atoms with Crippen LogP contribution in [0.5, 0.6) is 5.75 Å². The van der Waals surface area contributed by atoms with Crippen LogP contribution in [0, 0.1) is 19.7 Å². The Hall–Kier alpha value is -4.01. The third kappa shape index (κ3) is 4.15. The number of hydrogen-bond acceptors (Lipinski definition) is 6. The zero-order valence-corrected chi connectivity index (χ0v) is 21.9. The highest BCUT2D eigenvalue weighted by molar-refractivity contribution is 7.15. The highest BCUT2D eigenvalue weighted by atomic mass is 35.5. The minimum Gasteiger partial charge on any atom is -0.489 e. The van der Waals surface area contributed by atoms with Crippen LogP contribution < -0.4 is 15.1 Å². The maximum atomic E-state index is 14.0. The van der Waals surface area contributed by atoms with E-state index in [0.717, 1.165) is 22.2 Å². The van der Waals surface area contributed by atoms with Crippen LogP contribution in [0.1, 0.15) is 43.9 Å². The summed E-state index contributed by atoms with van der Waals surface area (Å²) in [4.78, 5) is 34.3. The second-order valence-corrected chi connectivity index (χ2v) is 10.6. The predicted molar refractivity (Wildman–Crippen MR) is 145 cm³/mol. The lowest BCUT2D eigenvalue weighted by Gasteiger charge is -2.22. The monoisotopic (exact) mass is 546 g/mol. The van der Waals surface area contributed by atoms with E-state index in [9.17, 15) is 14.0 Å². The SMILES string of the molecule is Cc1nc(N2C(=O)c3oc4ccc(F)cc4c(=O)c3C2c2ccc(OCc3ccc(Cl)cc3)cc2)sc1C. The van der Waals surface area contributed by atoms with Gasteiger partial charge in [0.05, 0.1) is 22.7 Å². The van der Waals surface area contributed by atoms with Crippen LogP contribution in [0.3, 0.4) is 0 Å². The number of thiazole rings is 1. The fraction of sp³-hybridized carbons (Fsp3) is 0.138. The molecule has 1 aliphatic rings. The summed E-state index contributed by atoms with van der Waals surface area (Å²) in [5.74, 6) is -0.470. The maximum Gasteiger partial charge on any atom is 0.297 e. The summed E-state index contributed by atoms with van der Waals surface area (Å²) in [6.07, 6.45) is 0. The molecule has 1 aliphatic heterocycles. The number of halogens is 2. The Morgan fingerprint density at radius 2 is 1.79 bits per heavy atom. The zero-order valence-electron chi connectivity index (χ0n) is 20.3. The summed E-state index contributed by atoms with van der Waals surface area (Å²) in [6.45, 7) is 4.14. The normalized spacial score (nSPS) is 14.8.